The molecule has 6 aromatic carbocycles. The molecule has 3 aliphatic rings. The summed E-state index contributed by atoms with van der Waals surface area (Å²) in [6.07, 6.45) is 2.25. The number of hydrogen-bond acceptors (Lipinski definition) is 10. The SMILES string of the molecule is CC(C)CCCC(C)C(=O)c1ccc2c(c1)NC(=O)c1cc(CP(=O)(NC(C)C(=O)OC(C)Cc3ccc(C(F)(F)C4CCN(C(=O)c5ccc6c(c5)NC(=O)c5ccccc5N6)CC4)cc3)Oc3ccccc3)ccc1N2. The average Bonchev–Trinajstić information content (AvgIpc) is 3.73. The van der Waals surface area contributed by atoms with E-state index in [0.29, 0.717) is 73.6 Å². The van der Waals surface area contributed by atoms with Crippen molar-refractivity contribution >= 4 is 71.1 Å². The Morgan fingerprint density at radius 3 is 1.94 bits per heavy atom. The second kappa shape index (κ2) is 23.5. The van der Waals surface area contributed by atoms with E-state index in [9.17, 15) is 28.5 Å². The van der Waals surface area contributed by atoms with Gasteiger partial charge in [0.15, 0.2) is 5.78 Å². The van der Waals surface area contributed by atoms with Crippen LogP contribution in [0.5, 0.6) is 5.75 Å². The predicted molar refractivity (Wildman–Crippen MR) is 300 cm³/mol. The first-order valence-electron chi connectivity index (χ1n) is 26.6. The zero-order valence-corrected chi connectivity index (χ0v) is 45.3. The molecule has 0 saturated carbocycles. The number of Topliss-reactive ketones (excluding diaryl/α,β-unsaturated/α-hetero) is 1. The Morgan fingerprint density at radius 2 is 1.26 bits per heavy atom. The van der Waals surface area contributed by atoms with Crippen LogP contribution in [0.3, 0.4) is 0 Å². The van der Waals surface area contributed by atoms with Gasteiger partial charge in [-0.1, -0.05) is 94.3 Å². The molecule has 5 N–H and O–H groups in total. The average molecular weight is 1080 g/mol. The number of anilines is 6. The van der Waals surface area contributed by atoms with Crippen molar-refractivity contribution in [2.75, 3.05) is 34.4 Å². The number of amides is 3. The quantitative estimate of drug-likeness (QED) is 0.0295. The van der Waals surface area contributed by atoms with Gasteiger partial charge in [-0.25, -0.2) is 13.9 Å². The van der Waals surface area contributed by atoms with E-state index < -0.39 is 43.4 Å². The maximum absolute atomic E-state index is 16.1. The number of fused-ring (bicyclic) bond motifs is 4. The number of alkyl halides is 2. The molecule has 0 spiro atoms. The fourth-order valence-corrected chi connectivity index (χ4v) is 12.3. The summed E-state index contributed by atoms with van der Waals surface area (Å²) < 4.78 is 58.9. The molecule has 14 nitrogen and oxygen atoms in total. The molecule has 0 aliphatic carbocycles. The van der Waals surface area contributed by atoms with Crippen molar-refractivity contribution < 1.29 is 46.6 Å². The summed E-state index contributed by atoms with van der Waals surface area (Å²) in [4.78, 5) is 68.8. The Kier molecular flexibility index (Phi) is 16.6. The molecule has 0 radical (unpaired) electrons. The number of ketones is 1. The summed E-state index contributed by atoms with van der Waals surface area (Å²) in [5.41, 5.74) is 5.89. The standard InChI is InChI=1S/C61H65F2N6O8P/c1-37(2)12-11-13-38(3)56(70)43-21-26-52-54(34-43)67-58(72)49-33-42(20-25-51(49)65-52)36-78(75,77-47-14-7-6-8-15-47)68-40(5)60(74)76-39(4)32-41-18-23-45(24-19-41)61(62,63)46-28-30-69(31-29-46)59(73)44-22-27-53-55(35-44)66-57(71)48-16-9-10-17-50(48)64-53/h6-10,14-27,33-35,37-40,46,64-65H,11-13,28-32,36H2,1-5H3,(H,66,71)(H,67,72)(H,68,75). The molecule has 9 rings (SSSR count). The van der Waals surface area contributed by atoms with Gasteiger partial charge in [-0.15, -0.1) is 0 Å². The number of carbonyl (C=O) groups is 5. The van der Waals surface area contributed by atoms with Crippen LogP contribution in [-0.4, -0.2) is 59.6 Å². The normalized spacial score (nSPS) is 16.1. The smallest absolute Gasteiger partial charge is 0.323 e. The first kappa shape index (κ1) is 55.1. The molecule has 78 heavy (non-hydrogen) atoms. The number of nitrogens with one attached hydrogen (secondary N) is 5. The van der Waals surface area contributed by atoms with Crippen LogP contribution < -0.4 is 30.9 Å². The van der Waals surface area contributed by atoms with Gasteiger partial charge < -0.3 is 35.4 Å². The highest BCUT2D eigenvalue weighted by Crippen LogP contribution is 2.48. The zero-order valence-electron chi connectivity index (χ0n) is 44.4. The van der Waals surface area contributed by atoms with E-state index in [4.69, 9.17) is 9.26 Å². The Labute approximate surface area is 453 Å². The number of piperidine rings is 1. The number of nitrogens with zero attached hydrogens (tertiary/aromatic N) is 1. The molecule has 1 saturated heterocycles. The number of para-hydroxylation sites is 2. The van der Waals surface area contributed by atoms with Crippen molar-refractivity contribution in [2.45, 2.75) is 97.4 Å². The third-order valence-electron chi connectivity index (χ3n) is 14.6. The van der Waals surface area contributed by atoms with E-state index in [1.165, 1.54) is 19.1 Å². The number of halogens is 2. The minimum atomic E-state index is -3.97. The molecule has 3 aliphatic heterocycles. The zero-order chi connectivity index (χ0) is 55.3. The van der Waals surface area contributed by atoms with Gasteiger partial charge in [0, 0.05) is 48.0 Å². The second-order valence-electron chi connectivity index (χ2n) is 21.1. The molecule has 0 aromatic heterocycles. The van der Waals surface area contributed by atoms with Crippen LogP contribution >= 0.6 is 7.52 Å². The maximum atomic E-state index is 16.1. The van der Waals surface area contributed by atoms with Gasteiger partial charge in [0.25, 0.3) is 23.6 Å². The second-order valence-corrected chi connectivity index (χ2v) is 23.2. The van der Waals surface area contributed by atoms with E-state index in [1.807, 2.05) is 13.0 Å². The molecule has 4 unspecified atom stereocenters. The van der Waals surface area contributed by atoms with E-state index in [1.54, 1.807) is 127 Å². The number of esters is 1. The molecule has 17 heteroatoms. The third kappa shape index (κ3) is 12.8. The number of carbonyl (C=O) groups excluding carboxylic acids is 5. The number of benzene rings is 6. The molecule has 4 atom stereocenters. The molecule has 3 heterocycles. The largest absolute Gasteiger partial charge is 0.461 e. The Morgan fingerprint density at radius 1 is 0.667 bits per heavy atom. The highest BCUT2D eigenvalue weighted by Gasteiger charge is 2.43. The predicted octanol–water partition coefficient (Wildman–Crippen LogP) is 13.5. The number of hydrogen-bond donors (Lipinski definition) is 5. The van der Waals surface area contributed by atoms with Crippen LogP contribution in [0.1, 0.15) is 125 Å². The Balaban J connectivity index is 0.787. The van der Waals surface area contributed by atoms with Crippen molar-refractivity contribution in [2.24, 2.45) is 17.8 Å². The van der Waals surface area contributed by atoms with E-state index in [0.717, 1.165) is 19.3 Å². The first-order valence-corrected chi connectivity index (χ1v) is 28.4. The highest BCUT2D eigenvalue weighted by atomic mass is 31.2. The lowest BCUT2D eigenvalue weighted by atomic mass is 9.86. The van der Waals surface area contributed by atoms with Crippen molar-refractivity contribution in [1.82, 2.24) is 9.99 Å². The van der Waals surface area contributed by atoms with Gasteiger partial charge in [0.05, 0.1) is 51.4 Å². The fourth-order valence-electron chi connectivity index (χ4n) is 10.2. The van der Waals surface area contributed by atoms with Crippen molar-refractivity contribution in [1.29, 1.82) is 0 Å². The molecule has 6 aromatic rings. The van der Waals surface area contributed by atoms with E-state index in [-0.39, 0.29) is 73.2 Å². The molecular formula is C61H65F2N6O8P. The maximum Gasteiger partial charge on any atom is 0.323 e. The summed E-state index contributed by atoms with van der Waals surface area (Å²) in [6.45, 7) is 9.72. The lowest BCUT2D eigenvalue weighted by Crippen LogP contribution is -2.42. The fraction of sp³-hybridized carbons (Fsp3) is 0.328. The lowest BCUT2D eigenvalue weighted by molar-refractivity contribution is -0.149. The number of rotatable bonds is 19. The van der Waals surface area contributed by atoms with Gasteiger partial charge in [0.2, 0.25) is 0 Å². The van der Waals surface area contributed by atoms with Crippen molar-refractivity contribution in [3.8, 4) is 5.75 Å². The van der Waals surface area contributed by atoms with Crippen LogP contribution in [0.4, 0.5) is 42.9 Å². The molecule has 406 valence electrons. The van der Waals surface area contributed by atoms with Gasteiger partial charge in [-0.3, -0.25) is 28.5 Å². The highest BCUT2D eigenvalue weighted by molar-refractivity contribution is 7.56. The molecule has 0 bridgehead atoms. The summed E-state index contributed by atoms with van der Waals surface area (Å²) in [5.74, 6) is -5.25. The van der Waals surface area contributed by atoms with E-state index >= 15 is 8.78 Å². The van der Waals surface area contributed by atoms with Gasteiger partial charge in [0.1, 0.15) is 17.9 Å². The summed E-state index contributed by atoms with van der Waals surface area (Å²) in [5, 5.41) is 15.2. The van der Waals surface area contributed by atoms with Crippen LogP contribution in [-0.2, 0) is 32.6 Å². The number of ether oxygens (including phenoxy) is 1. The lowest BCUT2D eigenvalue weighted by Gasteiger charge is -2.36. The molecule has 1 fully saturated rings. The van der Waals surface area contributed by atoms with Crippen molar-refractivity contribution in [3.05, 3.63) is 172 Å². The van der Waals surface area contributed by atoms with Crippen molar-refractivity contribution in [3.63, 3.8) is 0 Å². The topological polar surface area (TPSA) is 184 Å². The third-order valence-corrected chi connectivity index (χ3v) is 16.6. The summed E-state index contributed by atoms with van der Waals surface area (Å²) in [6, 6.07) is 35.7. The van der Waals surface area contributed by atoms with Gasteiger partial charge >= 0.3 is 13.5 Å². The Hall–Kier alpha value is -7.68. The number of likely N-dealkylation sites (tertiary alicyclic amines) is 1. The van der Waals surface area contributed by atoms with Crippen LogP contribution in [0, 0.1) is 17.8 Å². The van der Waals surface area contributed by atoms with E-state index in [2.05, 4.69) is 40.2 Å². The van der Waals surface area contributed by atoms with Crippen LogP contribution in [0.25, 0.3) is 0 Å². The minimum absolute atomic E-state index is 0.00981. The van der Waals surface area contributed by atoms with Crippen LogP contribution in [0.2, 0.25) is 0 Å². The molecular weight excluding hydrogens is 1010 g/mol. The van der Waals surface area contributed by atoms with Gasteiger partial charge in [-0.05, 0) is 123 Å². The summed E-state index contributed by atoms with van der Waals surface area (Å²) in [7, 11) is -3.97. The summed E-state index contributed by atoms with van der Waals surface area (Å²) >= 11 is 0. The van der Waals surface area contributed by atoms with Gasteiger partial charge in [-0.2, -0.15) is 0 Å². The molecule has 3 amide bonds. The first-order chi connectivity index (χ1) is 37.3. The Bertz CT molecular complexity index is 3270. The van der Waals surface area contributed by atoms with Crippen LogP contribution in [0.15, 0.2) is 133 Å². The monoisotopic (exact) mass is 1080 g/mol. The minimum Gasteiger partial charge on any atom is -0.461 e.